The van der Waals surface area contributed by atoms with Gasteiger partial charge >= 0.3 is 0 Å². The number of hydrogen-bond donors (Lipinski definition) is 1. The number of rotatable bonds is 3. The second kappa shape index (κ2) is 4.75. The van der Waals surface area contributed by atoms with E-state index in [1.165, 1.54) is 11.3 Å². The van der Waals surface area contributed by atoms with Gasteiger partial charge in [0.15, 0.2) is 0 Å². The Kier molecular flexibility index (Phi) is 3.86. The second-order valence-electron chi connectivity index (χ2n) is 4.97. The average Bonchev–Trinajstić information content (AvgIpc) is 2.14. The van der Waals surface area contributed by atoms with Crippen LogP contribution >= 0.6 is 0 Å². The van der Waals surface area contributed by atoms with Crippen LogP contribution in [0.2, 0.25) is 0 Å². The normalized spacial score (nSPS) is 11.8. The Morgan fingerprint density at radius 1 is 1.27 bits per heavy atom. The lowest BCUT2D eigenvalue weighted by molar-refractivity contribution is 0.565. The van der Waals surface area contributed by atoms with E-state index in [1.54, 1.807) is 0 Å². The van der Waals surface area contributed by atoms with E-state index in [0.29, 0.717) is 0 Å². The van der Waals surface area contributed by atoms with Gasteiger partial charge in [-0.15, -0.1) is 0 Å². The van der Waals surface area contributed by atoms with Crippen molar-refractivity contribution < 1.29 is 0 Å². The first-order valence-corrected chi connectivity index (χ1v) is 5.63. The molecule has 1 aromatic rings. The Balaban J connectivity index is 2.88. The zero-order chi connectivity index (χ0) is 11.5. The fourth-order valence-corrected chi connectivity index (χ4v) is 1.45. The van der Waals surface area contributed by atoms with Crippen LogP contribution in [0, 0.1) is 6.92 Å². The van der Waals surface area contributed by atoms with Crippen LogP contribution in [0.4, 0.5) is 0 Å². The summed E-state index contributed by atoms with van der Waals surface area (Å²) in [4.78, 5) is 4.66. The van der Waals surface area contributed by atoms with E-state index in [2.05, 4.69) is 57.1 Å². The van der Waals surface area contributed by atoms with Crippen LogP contribution in [0.1, 0.15) is 44.6 Å². The SMILES string of the molecule is CCNCc1ccc(C(C)(C)C)nc1C. The van der Waals surface area contributed by atoms with Crippen LogP contribution in [-0.4, -0.2) is 11.5 Å². The third kappa shape index (κ3) is 3.31. The lowest BCUT2D eigenvalue weighted by Gasteiger charge is -2.19. The average molecular weight is 206 g/mol. The van der Waals surface area contributed by atoms with Crippen LogP contribution in [0.5, 0.6) is 0 Å². The minimum absolute atomic E-state index is 0.140. The Morgan fingerprint density at radius 2 is 1.93 bits per heavy atom. The Bertz CT molecular complexity index is 324. The summed E-state index contributed by atoms with van der Waals surface area (Å²) in [5, 5.41) is 3.32. The number of aromatic nitrogens is 1. The molecule has 0 aliphatic heterocycles. The van der Waals surface area contributed by atoms with E-state index < -0.39 is 0 Å². The van der Waals surface area contributed by atoms with Gasteiger partial charge in [0.1, 0.15) is 0 Å². The van der Waals surface area contributed by atoms with Crippen molar-refractivity contribution in [2.75, 3.05) is 6.54 Å². The molecule has 1 heterocycles. The van der Waals surface area contributed by atoms with Crippen molar-refractivity contribution >= 4 is 0 Å². The Morgan fingerprint density at radius 3 is 2.40 bits per heavy atom. The molecule has 0 aliphatic rings. The van der Waals surface area contributed by atoms with E-state index >= 15 is 0 Å². The largest absolute Gasteiger partial charge is 0.313 e. The van der Waals surface area contributed by atoms with Crippen LogP contribution in [-0.2, 0) is 12.0 Å². The van der Waals surface area contributed by atoms with Gasteiger partial charge in [-0.25, -0.2) is 0 Å². The van der Waals surface area contributed by atoms with E-state index in [0.717, 1.165) is 18.8 Å². The molecule has 0 aliphatic carbocycles. The van der Waals surface area contributed by atoms with Gasteiger partial charge in [-0.05, 0) is 25.1 Å². The summed E-state index contributed by atoms with van der Waals surface area (Å²) >= 11 is 0. The summed E-state index contributed by atoms with van der Waals surface area (Å²) in [6, 6.07) is 4.32. The van der Waals surface area contributed by atoms with Crippen LogP contribution in [0.3, 0.4) is 0 Å². The fourth-order valence-electron chi connectivity index (χ4n) is 1.45. The topological polar surface area (TPSA) is 24.9 Å². The number of nitrogens with zero attached hydrogens (tertiary/aromatic N) is 1. The standard InChI is InChI=1S/C13H22N2/c1-6-14-9-11-7-8-12(13(3,4)5)15-10(11)2/h7-8,14H,6,9H2,1-5H3. The van der Waals surface area contributed by atoms with E-state index in [9.17, 15) is 0 Å². The van der Waals surface area contributed by atoms with Gasteiger partial charge < -0.3 is 5.32 Å². The van der Waals surface area contributed by atoms with Gasteiger partial charge in [-0.3, -0.25) is 4.98 Å². The first kappa shape index (κ1) is 12.2. The summed E-state index contributed by atoms with van der Waals surface area (Å²) < 4.78 is 0. The highest BCUT2D eigenvalue weighted by molar-refractivity contribution is 5.25. The first-order chi connectivity index (χ1) is 6.95. The molecule has 84 valence electrons. The second-order valence-corrected chi connectivity index (χ2v) is 4.97. The molecule has 2 heteroatoms. The molecule has 1 N–H and O–H groups in total. The third-order valence-corrected chi connectivity index (χ3v) is 2.53. The maximum absolute atomic E-state index is 4.66. The molecule has 0 atom stereocenters. The third-order valence-electron chi connectivity index (χ3n) is 2.53. The van der Waals surface area contributed by atoms with E-state index in [1.807, 2.05) is 0 Å². The van der Waals surface area contributed by atoms with E-state index in [-0.39, 0.29) is 5.41 Å². The molecule has 0 unspecified atom stereocenters. The molecule has 0 amide bonds. The lowest BCUT2D eigenvalue weighted by Crippen LogP contribution is -2.17. The molecular weight excluding hydrogens is 184 g/mol. The fraction of sp³-hybridized carbons (Fsp3) is 0.615. The molecule has 0 saturated carbocycles. The van der Waals surface area contributed by atoms with Crippen LogP contribution in [0.15, 0.2) is 12.1 Å². The van der Waals surface area contributed by atoms with Crippen molar-refractivity contribution in [2.45, 2.75) is 46.6 Å². The smallest absolute Gasteiger partial charge is 0.0460 e. The van der Waals surface area contributed by atoms with Crippen LogP contribution < -0.4 is 5.32 Å². The van der Waals surface area contributed by atoms with Gasteiger partial charge in [0.2, 0.25) is 0 Å². The molecule has 0 bridgehead atoms. The number of nitrogens with one attached hydrogen (secondary N) is 1. The monoisotopic (exact) mass is 206 g/mol. The number of aryl methyl sites for hydroxylation is 1. The van der Waals surface area contributed by atoms with Crippen molar-refractivity contribution in [1.29, 1.82) is 0 Å². The maximum Gasteiger partial charge on any atom is 0.0460 e. The summed E-state index contributed by atoms with van der Waals surface area (Å²) in [5.74, 6) is 0. The molecule has 0 spiro atoms. The summed E-state index contributed by atoms with van der Waals surface area (Å²) in [6.07, 6.45) is 0. The maximum atomic E-state index is 4.66. The molecular formula is C13H22N2. The molecule has 0 radical (unpaired) electrons. The molecule has 1 rings (SSSR count). The van der Waals surface area contributed by atoms with Gasteiger partial charge in [0.25, 0.3) is 0 Å². The highest BCUT2D eigenvalue weighted by Gasteiger charge is 2.15. The molecule has 2 nitrogen and oxygen atoms in total. The summed E-state index contributed by atoms with van der Waals surface area (Å²) in [5.41, 5.74) is 3.75. The zero-order valence-electron chi connectivity index (χ0n) is 10.5. The van der Waals surface area contributed by atoms with Crippen molar-refractivity contribution in [3.8, 4) is 0 Å². The van der Waals surface area contributed by atoms with E-state index in [4.69, 9.17) is 0 Å². The van der Waals surface area contributed by atoms with Crippen molar-refractivity contribution in [3.63, 3.8) is 0 Å². The van der Waals surface area contributed by atoms with Crippen LogP contribution in [0.25, 0.3) is 0 Å². The summed E-state index contributed by atoms with van der Waals surface area (Å²) in [7, 11) is 0. The zero-order valence-corrected chi connectivity index (χ0v) is 10.5. The Hall–Kier alpha value is -0.890. The van der Waals surface area contributed by atoms with Gasteiger partial charge in [0.05, 0.1) is 0 Å². The molecule has 0 aromatic carbocycles. The predicted molar refractivity (Wildman–Crippen MR) is 65.1 cm³/mol. The van der Waals surface area contributed by atoms with Gasteiger partial charge in [-0.2, -0.15) is 0 Å². The molecule has 1 aromatic heterocycles. The Labute approximate surface area is 93.1 Å². The highest BCUT2D eigenvalue weighted by Crippen LogP contribution is 2.21. The molecule has 0 saturated heterocycles. The highest BCUT2D eigenvalue weighted by atomic mass is 14.8. The number of pyridine rings is 1. The summed E-state index contributed by atoms with van der Waals surface area (Å²) in [6.45, 7) is 12.7. The van der Waals surface area contributed by atoms with Crippen molar-refractivity contribution in [2.24, 2.45) is 0 Å². The quantitative estimate of drug-likeness (QED) is 0.822. The van der Waals surface area contributed by atoms with Crippen molar-refractivity contribution in [1.82, 2.24) is 10.3 Å². The number of hydrogen-bond acceptors (Lipinski definition) is 2. The first-order valence-electron chi connectivity index (χ1n) is 5.63. The minimum Gasteiger partial charge on any atom is -0.313 e. The molecule has 15 heavy (non-hydrogen) atoms. The van der Waals surface area contributed by atoms with Gasteiger partial charge in [-0.1, -0.05) is 33.8 Å². The lowest BCUT2D eigenvalue weighted by atomic mass is 9.91. The predicted octanol–water partition coefficient (Wildman–Crippen LogP) is 2.80. The molecule has 0 fully saturated rings. The minimum atomic E-state index is 0.140. The van der Waals surface area contributed by atoms with Gasteiger partial charge in [0, 0.05) is 23.3 Å². The van der Waals surface area contributed by atoms with Crippen molar-refractivity contribution in [3.05, 3.63) is 29.1 Å².